The lowest BCUT2D eigenvalue weighted by Gasteiger charge is -1.96. The second kappa shape index (κ2) is 10.4. The summed E-state index contributed by atoms with van der Waals surface area (Å²) < 4.78 is 0. The summed E-state index contributed by atoms with van der Waals surface area (Å²) in [6.45, 7) is 1.37. The number of carbonyl (C=O) groups excluding carboxylic acids is 1. The van der Waals surface area contributed by atoms with Crippen LogP contribution in [-0.4, -0.2) is 12.1 Å². The second-order valence-electron chi connectivity index (χ2n) is 3.54. The molecule has 1 amide bonds. The Hall–Kier alpha value is -3.58. The van der Waals surface area contributed by atoms with Crippen molar-refractivity contribution in [3.63, 3.8) is 0 Å². The van der Waals surface area contributed by atoms with Crippen LogP contribution in [0, 0.1) is 59.3 Å². The fraction of sp³-hybridized carbons (Fsp3) is 0.111. The van der Waals surface area contributed by atoms with E-state index in [1.165, 1.54) is 6.92 Å². The molecule has 0 saturated carbocycles. The molecule has 1 N–H and O–H groups in total. The van der Waals surface area contributed by atoms with Crippen molar-refractivity contribution < 1.29 is 4.79 Å². The minimum atomic E-state index is -0.231. The highest BCUT2D eigenvalue weighted by Crippen LogP contribution is 2.03. The van der Waals surface area contributed by atoms with Crippen molar-refractivity contribution in [1.82, 2.24) is 5.32 Å². The van der Waals surface area contributed by atoms with Crippen molar-refractivity contribution in [3.05, 3.63) is 23.9 Å². The van der Waals surface area contributed by atoms with Gasteiger partial charge in [0.05, 0.1) is 0 Å². The third-order valence-corrected chi connectivity index (χ3v) is 1.85. The number of rotatable bonds is 0. The van der Waals surface area contributed by atoms with Crippen LogP contribution in [0.15, 0.2) is 28.9 Å². The first kappa shape index (κ1) is 15.5. The van der Waals surface area contributed by atoms with E-state index in [1.807, 2.05) is 6.08 Å². The maximum atomic E-state index is 10.5. The maximum Gasteiger partial charge on any atom is 0.228 e. The van der Waals surface area contributed by atoms with E-state index >= 15 is 0 Å². The Morgan fingerprint density at radius 1 is 1.14 bits per heavy atom. The molecular weight excluding hydrogens is 260 g/mol. The molecule has 1 rings (SSSR count). The normalized spacial score (nSPS) is 11.8. The molecule has 21 heavy (non-hydrogen) atoms. The van der Waals surface area contributed by atoms with E-state index in [9.17, 15) is 4.79 Å². The summed E-state index contributed by atoms with van der Waals surface area (Å²) in [5, 5.41) is 2.28. The van der Waals surface area contributed by atoms with Gasteiger partial charge in [-0.2, -0.15) is 0 Å². The first-order valence-corrected chi connectivity index (χ1v) is 5.93. The number of nitrogens with zero attached hydrogens (tertiary/aromatic N) is 1. The summed E-state index contributed by atoms with van der Waals surface area (Å²) in [6.07, 6.45) is 8.08. The fourth-order valence-electron chi connectivity index (χ4n) is 1.04. The number of hydrogen-bond donors (Lipinski definition) is 1. The van der Waals surface area contributed by atoms with Crippen LogP contribution in [0.4, 0.5) is 0 Å². The van der Waals surface area contributed by atoms with Gasteiger partial charge in [-0.05, 0) is 41.8 Å². The van der Waals surface area contributed by atoms with Crippen LogP contribution in [0.5, 0.6) is 0 Å². The largest absolute Gasteiger partial charge is 0.285 e. The highest BCUT2D eigenvalue weighted by atomic mass is 16.1. The van der Waals surface area contributed by atoms with E-state index in [0.29, 0.717) is 0 Å². The molecule has 0 aliphatic carbocycles. The molecule has 0 saturated heterocycles. The lowest BCUT2D eigenvalue weighted by Crippen LogP contribution is -2.11. The van der Waals surface area contributed by atoms with Gasteiger partial charge in [0.15, 0.2) is 0 Å². The SMILES string of the molecule is CC(=O)NC#CC#CC#CC#CC#CC=C1C=NC=CC1. The number of aliphatic imine (C=N–C) groups is 1. The van der Waals surface area contributed by atoms with Crippen molar-refractivity contribution in [2.24, 2.45) is 4.99 Å². The van der Waals surface area contributed by atoms with Gasteiger partial charge in [-0.25, -0.2) is 0 Å². The minimum absolute atomic E-state index is 0.231. The van der Waals surface area contributed by atoms with Crippen LogP contribution >= 0.6 is 0 Å². The standard InChI is InChI=1S/C18H10N2O/c1-17(21)20-15-10-8-6-4-2-3-5-7-9-12-18-13-11-14-19-16-18/h11-12,14,16H,13H2,1H3,(H,20,21). The van der Waals surface area contributed by atoms with Crippen molar-refractivity contribution in [3.8, 4) is 59.3 Å². The topological polar surface area (TPSA) is 41.5 Å². The van der Waals surface area contributed by atoms with E-state index < -0.39 is 0 Å². The zero-order valence-electron chi connectivity index (χ0n) is 11.4. The van der Waals surface area contributed by atoms with E-state index in [4.69, 9.17) is 0 Å². The smallest absolute Gasteiger partial charge is 0.228 e. The summed E-state index contributed by atoms with van der Waals surface area (Å²) in [6, 6.07) is 2.36. The lowest BCUT2D eigenvalue weighted by atomic mass is 10.1. The summed E-state index contributed by atoms with van der Waals surface area (Å²) in [7, 11) is 0. The first-order chi connectivity index (χ1) is 10.3. The van der Waals surface area contributed by atoms with Crippen LogP contribution in [0.3, 0.4) is 0 Å². The highest BCUT2D eigenvalue weighted by Gasteiger charge is 1.90. The Morgan fingerprint density at radius 3 is 2.43 bits per heavy atom. The van der Waals surface area contributed by atoms with Crippen LogP contribution in [0.2, 0.25) is 0 Å². The van der Waals surface area contributed by atoms with Gasteiger partial charge in [0.2, 0.25) is 5.91 Å². The number of hydrogen-bond acceptors (Lipinski definition) is 2. The van der Waals surface area contributed by atoms with Crippen molar-refractivity contribution in [2.75, 3.05) is 0 Å². The molecule has 3 nitrogen and oxygen atoms in total. The molecule has 0 bridgehead atoms. The molecule has 3 heteroatoms. The van der Waals surface area contributed by atoms with Gasteiger partial charge in [0.1, 0.15) is 0 Å². The van der Waals surface area contributed by atoms with E-state index in [2.05, 4.69) is 69.6 Å². The third-order valence-electron chi connectivity index (χ3n) is 1.85. The predicted octanol–water partition coefficient (Wildman–Crippen LogP) is 1.01. The van der Waals surface area contributed by atoms with Gasteiger partial charge in [0.25, 0.3) is 0 Å². The van der Waals surface area contributed by atoms with Crippen LogP contribution < -0.4 is 5.32 Å². The number of allylic oxidation sites excluding steroid dienone is 3. The summed E-state index contributed by atoms with van der Waals surface area (Å²) >= 11 is 0. The molecule has 0 aromatic heterocycles. The van der Waals surface area contributed by atoms with Crippen molar-refractivity contribution in [2.45, 2.75) is 13.3 Å². The number of carbonyl (C=O) groups is 1. The lowest BCUT2D eigenvalue weighted by molar-refractivity contribution is -0.117. The highest BCUT2D eigenvalue weighted by molar-refractivity contribution is 5.81. The van der Waals surface area contributed by atoms with Crippen LogP contribution in [-0.2, 0) is 4.79 Å². The van der Waals surface area contributed by atoms with E-state index in [0.717, 1.165) is 12.0 Å². The molecule has 0 fully saturated rings. The molecule has 0 radical (unpaired) electrons. The predicted molar refractivity (Wildman–Crippen MR) is 83.0 cm³/mol. The van der Waals surface area contributed by atoms with Gasteiger partial charge in [-0.3, -0.25) is 15.1 Å². The average molecular weight is 270 g/mol. The molecule has 98 valence electrons. The quantitative estimate of drug-likeness (QED) is 0.518. The molecule has 1 aliphatic rings. The first-order valence-electron chi connectivity index (χ1n) is 5.93. The Kier molecular flexibility index (Phi) is 7.63. The van der Waals surface area contributed by atoms with Gasteiger partial charge in [0, 0.05) is 49.1 Å². The minimum Gasteiger partial charge on any atom is -0.285 e. The van der Waals surface area contributed by atoms with Gasteiger partial charge in [-0.15, -0.1) is 0 Å². The number of amides is 1. The Balaban J connectivity index is 2.41. The van der Waals surface area contributed by atoms with Gasteiger partial charge < -0.3 is 0 Å². The summed E-state index contributed by atoms with van der Waals surface area (Å²) in [4.78, 5) is 14.5. The Labute approximate surface area is 124 Å². The maximum absolute atomic E-state index is 10.5. The molecule has 0 aromatic carbocycles. The molecule has 1 aliphatic heterocycles. The van der Waals surface area contributed by atoms with E-state index in [-0.39, 0.29) is 5.91 Å². The zero-order chi connectivity index (χ0) is 15.2. The Morgan fingerprint density at radius 2 is 1.81 bits per heavy atom. The Bertz CT molecular complexity index is 799. The molecule has 1 heterocycles. The molecule has 0 unspecified atom stereocenters. The van der Waals surface area contributed by atoms with Crippen molar-refractivity contribution >= 4 is 12.1 Å². The van der Waals surface area contributed by atoms with Gasteiger partial charge >= 0.3 is 0 Å². The van der Waals surface area contributed by atoms with Crippen LogP contribution in [0.25, 0.3) is 0 Å². The fourth-order valence-corrected chi connectivity index (χ4v) is 1.04. The third kappa shape index (κ3) is 9.05. The van der Waals surface area contributed by atoms with E-state index in [1.54, 1.807) is 18.5 Å². The molecule has 0 aromatic rings. The van der Waals surface area contributed by atoms with Crippen LogP contribution in [0.1, 0.15) is 13.3 Å². The number of nitrogens with one attached hydrogen (secondary N) is 1. The monoisotopic (exact) mass is 270 g/mol. The van der Waals surface area contributed by atoms with Crippen molar-refractivity contribution in [1.29, 1.82) is 0 Å². The zero-order valence-corrected chi connectivity index (χ0v) is 11.4. The molecule has 0 spiro atoms. The second-order valence-corrected chi connectivity index (χ2v) is 3.54. The summed E-state index contributed by atoms with van der Waals surface area (Å²) in [5.41, 5.74) is 1.04. The summed E-state index contributed by atoms with van der Waals surface area (Å²) in [5.74, 6) is 22.7. The van der Waals surface area contributed by atoms with Gasteiger partial charge in [-0.1, -0.05) is 12.0 Å². The molecular formula is C18H10N2O. The average Bonchev–Trinajstić information content (AvgIpc) is 2.49. The molecule has 0 atom stereocenters.